The van der Waals surface area contributed by atoms with Crippen LogP contribution in [0.5, 0.6) is 0 Å². The summed E-state index contributed by atoms with van der Waals surface area (Å²) in [5, 5.41) is 5.95. The van der Waals surface area contributed by atoms with Gasteiger partial charge in [-0.2, -0.15) is 0 Å². The van der Waals surface area contributed by atoms with E-state index in [0.29, 0.717) is 0 Å². The Morgan fingerprint density at radius 1 is 1.64 bits per heavy atom. The van der Waals surface area contributed by atoms with Gasteiger partial charge >= 0.3 is 6.09 Å². The largest absolute Gasteiger partial charge is 0.450 e. The van der Waals surface area contributed by atoms with Crippen LogP contribution in [0.2, 0.25) is 0 Å². The van der Waals surface area contributed by atoms with Crippen LogP contribution < -0.4 is 11.1 Å². The standard InChI is InChI=1S/C6H8N4O3S/c1-2-13-6(12)8-5-3(4(7)11)9-10-14-5/h2H2,1H3,(H2,7,11)(H,8,12). The van der Waals surface area contributed by atoms with Crippen molar-refractivity contribution in [2.45, 2.75) is 6.92 Å². The number of primary amides is 1. The minimum atomic E-state index is -0.745. The number of nitrogens with one attached hydrogen (secondary N) is 1. The van der Waals surface area contributed by atoms with Crippen molar-refractivity contribution in [3.05, 3.63) is 5.69 Å². The molecule has 0 aliphatic carbocycles. The molecule has 1 heterocycles. The highest BCUT2D eigenvalue weighted by molar-refractivity contribution is 7.10. The number of amides is 2. The van der Waals surface area contributed by atoms with Gasteiger partial charge in [0.15, 0.2) is 10.7 Å². The van der Waals surface area contributed by atoms with Gasteiger partial charge in [-0.1, -0.05) is 4.49 Å². The van der Waals surface area contributed by atoms with E-state index >= 15 is 0 Å². The van der Waals surface area contributed by atoms with Crippen molar-refractivity contribution >= 4 is 28.5 Å². The summed E-state index contributed by atoms with van der Waals surface area (Å²) in [6, 6.07) is 0. The molecule has 0 aliphatic heterocycles. The Morgan fingerprint density at radius 2 is 2.36 bits per heavy atom. The Kier molecular flexibility index (Phi) is 3.35. The lowest BCUT2D eigenvalue weighted by atomic mass is 10.4. The van der Waals surface area contributed by atoms with Crippen LogP contribution in [0.3, 0.4) is 0 Å². The SMILES string of the molecule is CCOC(=O)Nc1snnc1C(N)=O. The molecule has 0 fully saturated rings. The summed E-state index contributed by atoms with van der Waals surface area (Å²) in [6.07, 6.45) is -0.666. The molecule has 1 aromatic heterocycles. The highest BCUT2D eigenvalue weighted by Crippen LogP contribution is 2.16. The molecule has 0 atom stereocenters. The Bertz CT molecular complexity index is 351. The van der Waals surface area contributed by atoms with Gasteiger partial charge in [0.1, 0.15) is 0 Å². The highest BCUT2D eigenvalue weighted by atomic mass is 32.1. The molecule has 0 spiro atoms. The molecule has 0 unspecified atom stereocenters. The lowest BCUT2D eigenvalue weighted by molar-refractivity contribution is 0.0996. The third-order valence-corrected chi connectivity index (χ3v) is 1.85. The van der Waals surface area contributed by atoms with E-state index in [2.05, 4.69) is 19.6 Å². The zero-order valence-electron chi connectivity index (χ0n) is 7.31. The number of aromatic nitrogens is 2. The van der Waals surface area contributed by atoms with Crippen LogP contribution in [0, 0.1) is 0 Å². The third-order valence-electron chi connectivity index (χ3n) is 1.21. The predicted molar refractivity (Wildman–Crippen MR) is 49.1 cm³/mol. The number of nitrogens with two attached hydrogens (primary N) is 1. The normalized spacial score (nSPS) is 9.50. The molecule has 2 amide bonds. The van der Waals surface area contributed by atoms with E-state index < -0.39 is 12.0 Å². The Balaban J connectivity index is 2.71. The molecule has 76 valence electrons. The van der Waals surface area contributed by atoms with Crippen molar-refractivity contribution in [2.24, 2.45) is 5.73 Å². The maximum absolute atomic E-state index is 11.0. The average Bonchev–Trinajstić information content (AvgIpc) is 2.52. The summed E-state index contributed by atoms with van der Waals surface area (Å²) >= 11 is 0.858. The average molecular weight is 216 g/mol. The first kappa shape index (κ1) is 10.4. The van der Waals surface area contributed by atoms with Gasteiger partial charge in [-0.25, -0.2) is 4.79 Å². The molecule has 1 rings (SSSR count). The number of hydrogen-bond donors (Lipinski definition) is 2. The zero-order valence-corrected chi connectivity index (χ0v) is 8.13. The fourth-order valence-electron chi connectivity index (χ4n) is 0.694. The molecular weight excluding hydrogens is 208 g/mol. The van der Waals surface area contributed by atoms with Gasteiger partial charge in [-0.3, -0.25) is 10.1 Å². The van der Waals surface area contributed by atoms with E-state index in [9.17, 15) is 9.59 Å². The molecule has 7 nitrogen and oxygen atoms in total. The van der Waals surface area contributed by atoms with Crippen LogP contribution >= 0.6 is 11.5 Å². The number of ether oxygens (including phenoxy) is 1. The predicted octanol–water partition coefficient (Wildman–Crippen LogP) is 0.205. The molecule has 0 aromatic carbocycles. The molecule has 0 bridgehead atoms. The molecule has 14 heavy (non-hydrogen) atoms. The van der Waals surface area contributed by atoms with E-state index in [1.54, 1.807) is 6.92 Å². The smallest absolute Gasteiger partial charge is 0.412 e. The number of rotatable bonds is 3. The van der Waals surface area contributed by atoms with Crippen molar-refractivity contribution in [3.8, 4) is 0 Å². The van der Waals surface area contributed by atoms with Crippen molar-refractivity contribution in [3.63, 3.8) is 0 Å². The van der Waals surface area contributed by atoms with Gasteiger partial charge in [0, 0.05) is 11.5 Å². The number of carbonyl (C=O) groups excluding carboxylic acids is 2. The van der Waals surface area contributed by atoms with Gasteiger partial charge in [-0.15, -0.1) is 5.10 Å². The number of carbonyl (C=O) groups is 2. The fraction of sp³-hybridized carbons (Fsp3) is 0.333. The summed E-state index contributed by atoms with van der Waals surface area (Å²) in [6.45, 7) is 1.91. The summed E-state index contributed by atoms with van der Waals surface area (Å²) in [4.78, 5) is 21.7. The van der Waals surface area contributed by atoms with Crippen molar-refractivity contribution < 1.29 is 14.3 Å². The van der Waals surface area contributed by atoms with E-state index in [1.807, 2.05) is 0 Å². The van der Waals surface area contributed by atoms with Crippen LogP contribution in [-0.2, 0) is 4.74 Å². The lowest BCUT2D eigenvalue weighted by Crippen LogP contribution is -2.18. The van der Waals surface area contributed by atoms with Crippen molar-refractivity contribution in [1.82, 2.24) is 9.59 Å². The van der Waals surface area contributed by atoms with E-state index in [-0.39, 0.29) is 17.3 Å². The second kappa shape index (κ2) is 4.51. The first-order valence-corrected chi connectivity index (χ1v) is 4.48. The minimum Gasteiger partial charge on any atom is -0.450 e. The quantitative estimate of drug-likeness (QED) is 0.750. The zero-order chi connectivity index (χ0) is 10.6. The third kappa shape index (κ3) is 2.39. The first-order valence-electron chi connectivity index (χ1n) is 3.71. The molecule has 3 N–H and O–H groups in total. The summed E-state index contributed by atoms with van der Waals surface area (Å²) in [5.74, 6) is -0.745. The lowest BCUT2D eigenvalue weighted by Gasteiger charge is -2.01. The highest BCUT2D eigenvalue weighted by Gasteiger charge is 2.15. The maximum atomic E-state index is 11.0. The molecular formula is C6H8N4O3S. The second-order valence-corrected chi connectivity index (χ2v) is 2.91. The number of hydrogen-bond acceptors (Lipinski definition) is 6. The summed E-state index contributed by atoms with van der Waals surface area (Å²) < 4.78 is 8.08. The number of nitrogens with zero attached hydrogens (tertiary/aromatic N) is 2. The van der Waals surface area contributed by atoms with Gasteiger partial charge in [-0.05, 0) is 6.92 Å². The Hall–Kier alpha value is -1.70. The Labute approximate surface area is 83.4 Å². The van der Waals surface area contributed by atoms with E-state index in [4.69, 9.17) is 5.73 Å². The van der Waals surface area contributed by atoms with Crippen LogP contribution in [0.15, 0.2) is 0 Å². The van der Waals surface area contributed by atoms with Crippen molar-refractivity contribution in [2.75, 3.05) is 11.9 Å². The molecule has 1 aromatic rings. The molecule has 0 saturated heterocycles. The molecule has 0 saturated carbocycles. The maximum Gasteiger partial charge on any atom is 0.412 e. The van der Waals surface area contributed by atoms with Gasteiger partial charge < -0.3 is 10.5 Å². The summed E-state index contributed by atoms with van der Waals surface area (Å²) in [5.41, 5.74) is 4.92. The Morgan fingerprint density at radius 3 is 2.93 bits per heavy atom. The van der Waals surface area contributed by atoms with Crippen LogP contribution in [0.1, 0.15) is 17.4 Å². The van der Waals surface area contributed by atoms with Gasteiger partial charge in [0.25, 0.3) is 5.91 Å². The van der Waals surface area contributed by atoms with E-state index in [0.717, 1.165) is 11.5 Å². The summed E-state index contributed by atoms with van der Waals surface area (Å²) in [7, 11) is 0. The molecule has 0 aliphatic rings. The monoisotopic (exact) mass is 216 g/mol. The van der Waals surface area contributed by atoms with Gasteiger partial charge in [0.2, 0.25) is 0 Å². The van der Waals surface area contributed by atoms with Gasteiger partial charge in [0.05, 0.1) is 6.61 Å². The van der Waals surface area contributed by atoms with Crippen LogP contribution in [0.4, 0.5) is 9.80 Å². The minimum absolute atomic E-state index is 0.0666. The van der Waals surface area contributed by atoms with Crippen LogP contribution in [0.25, 0.3) is 0 Å². The number of anilines is 1. The first-order chi connectivity index (χ1) is 6.65. The fourth-order valence-corrected chi connectivity index (χ4v) is 1.25. The second-order valence-electron chi connectivity index (χ2n) is 2.16. The molecule has 0 radical (unpaired) electrons. The van der Waals surface area contributed by atoms with Crippen LogP contribution in [-0.4, -0.2) is 28.2 Å². The molecule has 8 heteroatoms. The topological polar surface area (TPSA) is 107 Å². The van der Waals surface area contributed by atoms with Crippen molar-refractivity contribution in [1.29, 1.82) is 0 Å². The van der Waals surface area contributed by atoms with E-state index in [1.165, 1.54) is 0 Å².